The number of benzene rings is 1. The van der Waals surface area contributed by atoms with Crippen LogP contribution < -0.4 is 0 Å². The Morgan fingerprint density at radius 1 is 1.38 bits per heavy atom. The Balaban J connectivity index is 1.51. The third-order valence-electron chi connectivity index (χ3n) is 4.31. The molecule has 1 aromatic heterocycles. The minimum absolute atomic E-state index is 0.0836. The molecule has 1 aliphatic heterocycles. The molecule has 2 heterocycles. The normalized spacial score (nSPS) is 19.5. The number of hydrogen-bond acceptors (Lipinski definition) is 5. The van der Waals surface area contributed by atoms with E-state index in [1.165, 1.54) is 29.2 Å². The molecule has 8 heteroatoms. The molecule has 0 unspecified atom stereocenters. The van der Waals surface area contributed by atoms with Crippen LogP contribution in [0.3, 0.4) is 0 Å². The van der Waals surface area contributed by atoms with Crippen molar-refractivity contribution in [2.45, 2.75) is 25.0 Å². The van der Waals surface area contributed by atoms with Gasteiger partial charge < -0.3 is 10.0 Å². The van der Waals surface area contributed by atoms with E-state index in [0.717, 1.165) is 25.1 Å². The van der Waals surface area contributed by atoms with Gasteiger partial charge in [-0.05, 0) is 36.6 Å². The fraction of sp³-hybridized carbons (Fsp3) is 0.438. The van der Waals surface area contributed by atoms with Crippen LogP contribution in [0.1, 0.15) is 17.9 Å². The van der Waals surface area contributed by atoms with Gasteiger partial charge in [0.2, 0.25) is 0 Å². The van der Waals surface area contributed by atoms with Crippen molar-refractivity contribution in [1.82, 2.24) is 14.7 Å². The summed E-state index contributed by atoms with van der Waals surface area (Å²) in [4.78, 5) is 12.3. The van der Waals surface area contributed by atoms with E-state index in [2.05, 4.69) is 10.00 Å². The van der Waals surface area contributed by atoms with E-state index in [1.54, 1.807) is 0 Å². The van der Waals surface area contributed by atoms with Crippen LogP contribution in [-0.4, -0.2) is 50.4 Å². The van der Waals surface area contributed by atoms with E-state index in [-0.39, 0.29) is 18.0 Å². The molecule has 2 aromatic rings. The summed E-state index contributed by atoms with van der Waals surface area (Å²) in [5.74, 6) is 0.0981. The highest BCUT2D eigenvalue weighted by Crippen LogP contribution is 2.27. The summed E-state index contributed by atoms with van der Waals surface area (Å²) in [6.45, 7) is 2.36. The van der Waals surface area contributed by atoms with E-state index < -0.39 is 11.0 Å². The summed E-state index contributed by atoms with van der Waals surface area (Å²) in [5, 5.41) is 24.7. The number of nitro groups is 1. The zero-order valence-electron chi connectivity index (χ0n) is 13.1. The topological polar surface area (TPSA) is 84.4 Å². The van der Waals surface area contributed by atoms with Gasteiger partial charge in [-0.2, -0.15) is 5.10 Å². The highest BCUT2D eigenvalue weighted by molar-refractivity contribution is 5.22. The van der Waals surface area contributed by atoms with Gasteiger partial charge in [0, 0.05) is 13.1 Å². The van der Waals surface area contributed by atoms with E-state index in [0.29, 0.717) is 12.5 Å². The quantitative estimate of drug-likeness (QED) is 0.643. The molecule has 0 radical (unpaired) electrons. The number of likely N-dealkylation sites (tertiary alicyclic amines) is 1. The third-order valence-corrected chi connectivity index (χ3v) is 4.31. The maximum absolute atomic E-state index is 13.0. The molecular weight excluding hydrogens is 315 g/mol. The predicted octanol–water partition coefficient (Wildman–Crippen LogP) is 1.78. The molecule has 1 aliphatic rings. The Labute approximate surface area is 138 Å². The predicted molar refractivity (Wildman–Crippen MR) is 85.1 cm³/mol. The lowest BCUT2D eigenvalue weighted by Crippen LogP contribution is -2.33. The molecular formula is C16H19FN4O3. The van der Waals surface area contributed by atoms with Crippen LogP contribution in [0.5, 0.6) is 0 Å². The average Bonchev–Trinajstić information content (AvgIpc) is 3.17. The second-order valence-corrected chi connectivity index (χ2v) is 6.13. The van der Waals surface area contributed by atoms with Crippen molar-refractivity contribution in [3.05, 3.63) is 58.2 Å². The first kappa shape index (κ1) is 16.5. The lowest BCUT2D eigenvalue weighted by atomic mass is 9.99. The van der Waals surface area contributed by atoms with E-state index in [4.69, 9.17) is 0 Å². The maximum Gasteiger partial charge on any atom is 0.306 e. The van der Waals surface area contributed by atoms with Crippen LogP contribution in [0.4, 0.5) is 10.1 Å². The largest absolute Gasteiger partial charge is 0.390 e. The molecule has 0 saturated carbocycles. The Morgan fingerprint density at radius 3 is 2.79 bits per heavy atom. The lowest BCUT2D eigenvalue weighted by molar-refractivity contribution is -0.385. The second-order valence-electron chi connectivity index (χ2n) is 6.13. The smallest absolute Gasteiger partial charge is 0.306 e. The van der Waals surface area contributed by atoms with Crippen molar-refractivity contribution in [3.63, 3.8) is 0 Å². The van der Waals surface area contributed by atoms with Crippen molar-refractivity contribution in [1.29, 1.82) is 0 Å². The first-order chi connectivity index (χ1) is 11.5. The lowest BCUT2D eigenvalue weighted by Gasteiger charge is -2.20. The molecule has 7 nitrogen and oxygen atoms in total. The summed E-state index contributed by atoms with van der Waals surface area (Å²) in [6, 6.07) is 6.56. The number of hydrogen-bond donors (Lipinski definition) is 1. The highest BCUT2D eigenvalue weighted by Gasteiger charge is 2.25. The van der Waals surface area contributed by atoms with Gasteiger partial charge in [-0.1, -0.05) is 12.1 Å². The Hall–Kier alpha value is -2.32. The van der Waals surface area contributed by atoms with Crippen LogP contribution in [0.25, 0.3) is 0 Å². The minimum atomic E-state index is -0.656. The summed E-state index contributed by atoms with van der Waals surface area (Å²) in [7, 11) is 0. The molecule has 3 rings (SSSR count). The van der Waals surface area contributed by atoms with Crippen LogP contribution >= 0.6 is 0 Å². The minimum Gasteiger partial charge on any atom is -0.390 e. The van der Waals surface area contributed by atoms with Gasteiger partial charge in [0.25, 0.3) is 0 Å². The molecule has 0 aliphatic carbocycles. The van der Waals surface area contributed by atoms with E-state index >= 15 is 0 Å². The standard InChI is InChI=1S/C16H19FN4O3/c17-14-3-1-12(2-4-14)13-5-6-19(8-13)10-16(22)11-20-9-15(7-18-20)21(23)24/h1-4,7,9,13,16,22H,5-6,8,10-11H2/t13-,16-/m1/s1. The number of rotatable bonds is 6. The maximum atomic E-state index is 13.0. The number of halogens is 1. The SMILES string of the molecule is O=[N+]([O-])c1cnn(C[C@H](O)CN2CC[C@@H](c3ccc(F)cc3)C2)c1. The zero-order chi connectivity index (χ0) is 17.1. The van der Waals surface area contributed by atoms with Crippen LogP contribution in [-0.2, 0) is 6.54 Å². The Morgan fingerprint density at radius 2 is 2.12 bits per heavy atom. The molecule has 1 aromatic carbocycles. The molecule has 1 fully saturated rings. The fourth-order valence-corrected chi connectivity index (χ4v) is 3.12. The average molecular weight is 334 g/mol. The number of nitrogens with zero attached hydrogens (tertiary/aromatic N) is 4. The zero-order valence-corrected chi connectivity index (χ0v) is 13.1. The summed E-state index contributed by atoms with van der Waals surface area (Å²) >= 11 is 0. The summed E-state index contributed by atoms with van der Waals surface area (Å²) in [6.07, 6.45) is 2.80. The van der Waals surface area contributed by atoms with Crippen molar-refractivity contribution < 1.29 is 14.4 Å². The third kappa shape index (κ3) is 3.95. The van der Waals surface area contributed by atoms with Crippen molar-refractivity contribution in [2.75, 3.05) is 19.6 Å². The first-order valence-corrected chi connectivity index (χ1v) is 7.84. The molecule has 24 heavy (non-hydrogen) atoms. The number of aromatic nitrogens is 2. The number of aliphatic hydroxyl groups excluding tert-OH is 1. The van der Waals surface area contributed by atoms with Crippen molar-refractivity contribution in [2.24, 2.45) is 0 Å². The van der Waals surface area contributed by atoms with Crippen LogP contribution in [0.2, 0.25) is 0 Å². The van der Waals surface area contributed by atoms with Gasteiger partial charge in [-0.15, -0.1) is 0 Å². The number of aliphatic hydroxyl groups is 1. The first-order valence-electron chi connectivity index (χ1n) is 7.84. The monoisotopic (exact) mass is 334 g/mol. The molecule has 1 N–H and O–H groups in total. The Bertz CT molecular complexity index is 704. The molecule has 0 spiro atoms. The summed E-state index contributed by atoms with van der Waals surface area (Å²) < 4.78 is 14.4. The van der Waals surface area contributed by atoms with E-state index in [9.17, 15) is 19.6 Å². The molecule has 128 valence electrons. The van der Waals surface area contributed by atoms with Gasteiger partial charge in [0.15, 0.2) is 0 Å². The molecule has 2 atom stereocenters. The van der Waals surface area contributed by atoms with Gasteiger partial charge in [0.05, 0.1) is 17.6 Å². The summed E-state index contributed by atoms with van der Waals surface area (Å²) in [5.41, 5.74) is 1.02. The van der Waals surface area contributed by atoms with Crippen molar-refractivity contribution in [3.8, 4) is 0 Å². The molecule has 0 amide bonds. The van der Waals surface area contributed by atoms with Crippen molar-refractivity contribution >= 4 is 5.69 Å². The number of β-amino-alcohol motifs (C(OH)–C–C–N with tert-alkyl or cyclic N) is 1. The van der Waals surface area contributed by atoms with Gasteiger partial charge in [0.1, 0.15) is 18.2 Å². The van der Waals surface area contributed by atoms with Gasteiger partial charge in [-0.25, -0.2) is 4.39 Å². The molecule has 1 saturated heterocycles. The second kappa shape index (κ2) is 7.06. The molecule has 0 bridgehead atoms. The highest BCUT2D eigenvalue weighted by atomic mass is 19.1. The Kier molecular flexibility index (Phi) is 4.86. The van der Waals surface area contributed by atoms with Gasteiger partial charge in [-0.3, -0.25) is 14.8 Å². The van der Waals surface area contributed by atoms with Crippen LogP contribution in [0, 0.1) is 15.9 Å². The fourth-order valence-electron chi connectivity index (χ4n) is 3.12. The van der Waals surface area contributed by atoms with Gasteiger partial charge >= 0.3 is 5.69 Å². The van der Waals surface area contributed by atoms with E-state index in [1.807, 2.05) is 12.1 Å². The van der Waals surface area contributed by atoms with Crippen LogP contribution in [0.15, 0.2) is 36.7 Å².